The third-order valence-corrected chi connectivity index (χ3v) is 3.42. The number of aromatic nitrogens is 2. The van der Waals surface area contributed by atoms with Crippen molar-refractivity contribution in [2.45, 2.75) is 45.6 Å². The van der Waals surface area contributed by atoms with Crippen molar-refractivity contribution in [2.24, 2.45) is 13.0 Å². The maximum atomic E-state index is 4.41. The Morgan fingerprint density at radius 1 is 1.60 bits per heavy atom. The van der Waals surface area contributed by atoms with Crippen LogP contribution in [-0.2, 0) is 7.05 Å². The zero-order valence-corrected chi connectivity index (χ0v) is 9.95. The van der Waals surface area contributed by atoms with Crippen molar-refractivity contribution < 1.29 is 0 Å². The predicted molar refractivity (Wildman–Crippen MR) is 63.0 cm³/mol. The van der Waals surface area contributed by atoms with Gasteiger partial charge in [-0.3, -0.25) is 4.68 Å². The molecule has 3 heteroatoms. The van der Waals surface area contributed by atoms with Gasteiger partial charge in [0.1, 0.15) is 5.82 Å². The van der Waals surface area contributed by atoms with E-state index in [1.807, 2.05) is 11.7 Å². The SMILES string of the molecule is Cc1cc(NC(C)CC2CCC2)nn1C. The van der Waals surface area contributed by atoms with Crippen molar-refractivity contribution in [1.29, 1.82) is 0 Å². The lowest BCUT2D eigenvalue weighted by atomic mass is 9.81. The second kappa shape index (κ2) is 4.25. The molecule has 1 fully saturated rings. The molecular formula is C12H21N3. The van der Waals surface area contributed by atoms with Gasteiger partial charge in [-0.05, 0) is 26.2 Å². The van der Waals surface area contributed by atoms with Crippen LogP contribution in [0.15, 0.2) is 6.07 Å². The van der Waals surface area contributed by atoms with Gasteiger partial charge in [-0.1, -0.05) is 19.3 Å². The van der Waals surface area contributed by atoms with E-state index in [1.54, 1.807) is 0 Å². The van der Waals surface area contributed by atoms with E-state index >= 15 is 0 Å². The molecule has 1 aliphatic rings. The Labute approximate surface area is 91.9 Å². The van der Waals surface area contributed by atoms with E-state index in [2.05, 4.69) is 30.3 Å². The van der Waals surface area contributed by atoms with Gasteiger partial charge in [-0.2, -0.15) is 5.10 Å². The summed E-state index contributed by atoms with van der Waals surface area (Å²) in [4.78, 5) is 0. The second-order valence-corrected chi connectivity index (χ2v) is 4.87. The van der Waals surface area contributed by atoms with E-state index in [0.717, 1.165) is 11.7 Å². The molecule has 0 bridgehead atoms. The average Bonchev–Trinajstić information content (AvgIpc) is 2.39. The number of anilines is 1. The minimum absolute atomic E-state index is 0.546. The molecule has 0 radical (unpaired) electrons. The summed E-state index contributed by atoms with van der Waals surface area (Å²) in [7, 11) is 1.98. The molecule has 0 aliphatic heterocycles. The molecule has 1 unspecified atom stereocenters. The van der Waals surface area contributed by atoms with Crippen molar-refractivity contribution in [2.75, 3.05) is 5.32 Å². The Hall–Kier alpha value is -0.990. The minimum atomic E-state index is 0.546. The summed E-state index contributed by atoms with van der Waals surface area (Å²) in [5.74, 6) is 1.97. The lowest BCUT2D eigenvalue weighted by molar-refractivity contribution is 0.285. The summed E-state index contributed by atoms with van der Waals surface area (Å²) >= 11 is 0. The Morgan fingerprint density at radius 2 is 2.33 bits per heavy atom. The summed E-state index contributed by atoms with van der Waals surface area (Å²) in [6, 6.07) is 2.65. The van der Waals surface area contributed by atoms with Crippen molar-refractivity contribution >= 4 is 5.82 Å². The van der Waals surface area contributed by atoms with Crippen molar-refractivity contribution in [1.82, 2.24) is 9.78 Å². The molecule has 0 spiro atoms. The number of nitrogens with one attached hydrogen (secondary N) is 1. The van der Waals surface area contributed by atoms with Crippen LogP contribution in [0.3, 0.4) is 0 Å². The molecule has 1 saturated carbocycles. The lowest BCUT2D eigenvalue weighted by Gasteiger charge is -2.28. The molecule has 1 aromatic heterocycles. The fourth-order valence-electron chi connectivity index (χ4n) is 2.17. The largest absolute Gasteiger partial charge is 0.366 e. The van der Waals surface area contributed by atoms with Crippen molar-refractivity contribution in [3.8, 4) is 0 Å². The lowest BCUT2D eigenvalue weighted by Crippen LogP contribution is -2.23. The van der Waals surface area contributed by atoms with Crippen LogP contribution in [0.5, 0.6) is 0 Å². The Balaban J connectivity index is 1.84. The van der Waals surface area contributed by atoms with Crippen LogP contribution in [-0.4, -0.2) is 15.8 Å². The Morgan fingerprint density at radius 3 is 2.80 bits per heavy atom. The van der Waals surface area contributed by atoms with Crippen LogP contribution in [0, 0.1) is 12.8 Å². The molecule has 1 aliphatic carbocycles. The number of rotatable bonds is 4. The number of nitrogens with zero attached hydrogens (tertiary/aromatic N) is 2. The highest BCUT2D eigenvalue weighted by Crippen LogP contribution is 2.30. The van der Waals surface area contributed by atoms with Gasteiger partial charge in [0.15, 0.2) is 0 Å². The molecule has 0 aromatic carbocycles. The molecule has 1 N–H and O–H groups in total. The average molecular weight is 207 g/mol. The summed E-state index contributed by atoms with van der Waals surface area (Å²) in [5.41, 5.74) is 1.20. The van der Waals surface area contributed by atoms with Crippen LogP contribution in [0.4, 0.5) is 5.82 Å². The van der Waals surface area contributed by atoms with E-state index in [0.29, 0.717) is 6.04 Å². The molecule has 3 nitrogen and oxygen atoms in total. The highest BCUT2D eigenvalue weighted by molar-refractivity contribution is 5.36. The smallest absolute Gasteiger partial charge is 0.148 e. The summed E-state index contributed by atoms with van der Waals surface area (Å²) in [6.45, 7) is 4.33. The minimum Gasteiger partial charge on any atom is -0.366 e. The maximum Gasteiger partial charge on any atom is 0.148 e. The van der Waals surface area contributed by atoms with Gasteiger partial charge in [-0.25, -0.2) is 0 Å². The first-order valence-electron chi connectivity index (χ1n) is 5.92. The topological polar surface area (TPSA) is 29.9 Å². The third-order valence-electron chi connectivity index (χ3n) is 3.42. The first-order valence-corrected chi connectivity index (χ1v) is 5.92. The van der Waals surface area contributed by atoms with Gasteiger partial charge in [-0.15, -0.1) is 0 Å². The fourth-order valence-corrected chi connectivity index (χ4v) is 2.17. The molecular weight excluding hydrogens is 186 g/mol. The van der Waals surface area contributed by atoms with Gasteiger partial charge in [0.2, 0.25) is 0 Å². The number of aryl methyl sites for hydroxylation is 2. The second-order valence-electron chi connectivity index (χ2n) is 4.87. The normalized spacial score (nSPS) is 18.6. The van der Waals surface area contributed by atoms with Crippen LogP contribution in [0.1, 0.15) is 38.3 Å². The first kappa shape index (κ1) is 10.5. The van der Waals surface area contributed by atoms with Gasteiger partial charge < -0.3 is 5.32 Å². The fraction of sp³-hybridized carbons (Fsp3) is 0.750. The standard InChI is InChI=1S/C12H21N3/c1-9(7-11-5-4-6-11)13-12-8-10(2)15(3)14-12/h8-9,11H,4-7H2,1-3H3,(H,13,14). The van der Waals surface area contributed by atoms with E-state index in [4.69, 9.17) is 0 Å². The van der Waals surface area contributed by atoms with E-state index in [9.17, 15) is 0 Å². The monoisotopic (exact) mass is 207 g/mol. The van der Waals surface area contributed by atoms with Gasteiger partial charge in [0.25, 0.3) is 0 Å². The van der Waals surface area contributed by atoms with E-state index in [-0.39, 0.29) is 0 Å². The molecule has 15 heavy (non-hydrogen) atoms. The maximum absolute atomic E-state index is 4.41. The highest BCUT2D eigenvalue weighted by atomic mass is 15.3. The summed E-state index contributed by atoms with van der Waals surface area (Å²) in [6.07, 6.45) is 5.57. The molecule has 0 amide bonds. The van der Waals surface area contributed by atoms with Gasteiger partial charge in [0, 0.05) is 24.8 Å². The van der Waals surface area contributed by atoms with E-state index < -0.39 is 0 Å². The molecule has 2 rings (SSSR count). The number of hydrogen-bond donors (Lipinski definition) is 1. The Kier molecular flexibility index (Phi) is 2.98. The zero-order chi connectivity index (χ0) is 10.8. The van der Waals surface area contributed by atoms with E-state index in [1.165, 1.54) is 31.4 Å². The van der Waals surface area contributed by atoms with Crippen molar-refractivity contribution in [3.63, 3.8) is 0 Å². The molecule has 0 saturated heterocycles. The molecule has 84 valence electrons. The van der Waals surface area contributed by atoms with Crippen LogP contribution < -0.4 is 5.32 Å². The molecule has 1 atom stereocenters. The quantitative estimate of drug-likeness (QED) is 0.822. The first-order chi connectivity index (χ1) is 7.15. The summed E-state index contributed by atoms with van der Waals surface area (Å²) in [5, 5.41) is 7.88. The summed E-state index contributed by atoms with van der Waals surface area (Å²) < 4.78 is 1.92. The highest BCUT2D eigenvalue weighted by Gasteiger charge is 2.20. The van der Waals surface area contributed by atoms with Crippen LogP contribution >= 0.6 is 0 Å². The molecule has 1 aromatic rings. The third kappa shape index (κ3) is 2.52. The molecule has 1 heterocycles. The Bertz CT molecular complexity index is 306. The number of hydrogen-bond acceptors (Lipinski definition) is 2. The predicted octanol–water partition coefficient (Wildman–Crippen LogP) is 2.72. The van der Waals surface area contributed by atoms with Gasteiger partial charge in [0.05, 0.1) is 0 Å². The van der Waals surface area contributed by atoms with Gasteiger partial charge >= 0.3 is 0 Å². The van der Waals surface area contributed by atoms with Crippen LogP contribution in [0.25, 0.3) is 0 Å². The zero-order valence-electron chi connectivity index (χ0n) is 9.95. The van der Waals surface area contributed by atoms with Crippen molar-refractivity contribution in [3.05, 3.63) is 11.8 Å². The van der Waals surface area contributed by atoms with Crippen LogP contribution in [0.2, 0.25) is 0 Å².